The van der Waals surface area contributed by atoms with Crippen LogP contribution >= 0.6 is 0 Å². The molecule has 0 saturated carbocycles. The van der Waals surface area contributed by atoms with Gasteiger partial charge in [0.1, 0.15) is 24.3 Å². The van der Waals surface area contributed by atoms with E-state index >= 15 is 9.59 Å². The van der Waals surface area contributed by atoms with Gasteiger partial charge < -0.3 is 18.9 Å². The third-order valence-corrected chi connectivity index (χ3v) is 14.6. The van der Waals surface area contributed by atoms with Gasteiger partial charge in [-0.25, -0.2) is 9.59 Å². The van der Waals surface area contributed by atoms with Crippen molar-refractivity contribution in [2.75, 3.05) is 14.2 Å². The van der Waals surface area contributed by atoms with Crippen molar-refractivity contribution in [1.29, 1.82) is 0 Å². The first kappa shape index (κ1) is 36.6. The molecule has 302 valence electrons. The van der Waals surface area contributed by atoms with Crippen LogP contribution in [-0.4, -0.2) is 64.1 Å². The van der Waals surface area contributed by atoms with E-state index < -0.39 is 83.0 Å². The van der Waals surface area contributed by atoms with E-state index in [1.807, 2.05) is 140 Å². The predicted molar refractivity (Wildman–Crippen MR) is 216 cm³/mol. The zero-order chi connectivity index (χ0) is 40.9. The summed E-state index contributed by atoms with van der Waals surface area (Å²) in [4.78, 5) is 66.4. The summed E-state index contributed by atoms with van der Waals surface area (Å²) in [5.74, 6) is -3.67. The maximum absolute atomic E-state index is 15.6. The normalized spacial score (nSPS) is 30.6. The van der Waals surface area contributed by atoms with Crippen LogP contribution in [0.5, 0.6) is 0 Å². The number of benzene rings is 5. The van der Waals surface area contributed by atoms with E-state index in [4.69, 9.17) is 18.9 Å². The molecule has 10 atom stereocenters. The molecule has 0 radical (unpaired) electrons. The van der Waals surface area contributed by atoms with Crippen LogP contribution < -0.4 is 0 Å². The molecular formula is C49H43N3O8. The number of amides is 2. The van der Waals surface area contributed by atoms with E-state index in [-0.39, 0.29) is 19.8 Å². The van der Waals surface area contributed by atoms with Crippen molar-refractivity contribution in [2.24, 2.45) is 23.7 Å². The number of esters is 2. The van der Waals surface area contributed by atoms with Gasteiger partial charge >= 0.3 is 24.1 Å². The third-order valence-electron chi connectivity index (χ3n) is 14.6. The molecule has 11 rings (SSSR count). The van der Waals surface area contributed by atoms with Gasteiger partial charge in [0.15, 0.2) is 0 Å². The minimum absolute atomic E-state index is 0.0521. The number of hydrogen-bond acceptors (Lipinski definition) is 9. The summed E-state index contributed by atoms with van der Waals surface area (Å²) < 4.78 is 24.2. The number of hydrogen-bond donors (Lipinski definition) is 0. The molecule has 60 heavy (non-hydrogen) atoms. The summed E-state index contributed by atoms with van der Waals surface area (Å²) in [5, 5.41) is 0. The standard InChI is InChI=1S/C49H43N3O8/c1-57-44(53)48-36-38(42-34-24-14-12-22-32(34)40(36)51(42)46(55)59-27-30-18-8-4-9-19-30)49(45(54)58-2,50(48)26-29-16-6-3-7-17-29)39-37(48)41-33-23-13-15-25-35(33)43(39)52(41)47(56)60-28-31-20-10-5-11-21-31/h3-25,36-43H,26-28H2,1-2H3/t36-,37+,38+,39-,40+,41-,42-,43+,48?,49?. The van der Waals surface area contributed by atoms with E-state index in [1.54, 1.807) is 9.80 Å². The lowest BCUT2D eigenvalue weighted by atomic mass is 9.49. The van der Waals surface area contributed by atoms with Gasteiger partial charge in [-0.1, -0.05) is 140 Å². The SMILES string of the molecule is COC(=O)C12[C@@H]3[C@@H]([C@H]4c5ccccc5[C@@H]3N4C(=O)OCc3ccccc3)C(C(=O)OC)([C@@H]3[C@H]1[C@H]1c4ccccc4[C@@H]3N1C(=O)OCc1ccccc1)N2Cc1ccccc1. The third kappa shape index (κ3) is 4.58. The highest BCUT2D eigenvalue weighted by Crippen LogP contribution is 2.84. The van der Waals surface area contributed by atoms with Gasteiger partial charge in [-0.3, -0.25) is 24.3 Å². The number of ether oxygens (including phenoxy) is 4. The summed E-state index contributed by atoms with van der Waals surface area (Å²) >= 11 is 0. The van der Waals surface area contributed by atoms with Gasteiger partial charge in [-0.15, -0.1) is 0 Å². The Labute approximate surface area is 347 Å². The molecule has 11 nitrogen and oxygen atoms in total. The van der Waals surface area contributed by atoms with Crippen LogP contribution in [0.15, 0.2) is 140 Å². The lowest BCUT2D eigenvalue weighted by Crippen LogP contribution is -2.61. The Bertz CT molecular complexity index is 2300. The second-order valence-corrected chi connectivity index (χ2v) is 16.7. The summed E-state index contributed by atoms with van der Waals surface area (Å²) in [7, 11) is 2.77. The largest absolute Gasteiger partial charge is 0.468 e. The van der Waals surface area contributed by atoms with Crippen LogP contribution in [0.4, 0.5) is 9.59 Å². The smallest absolute Gasteiger partial charge is 0.411 e. The molecule has 11 heteroatoms. The highest BCUT2D eigenvalue weighted by molar-refractivity contribution is 5.95. The fourth-order valence-corrected chi connectivity index (χ4v) is 13.0. The van der Waals surface area contributed by atoms with E-state index in [1.165, 1.54) is 14.2 Å². The van der Waals surface area contributed by atoms with Crippen LogP contribution in [0, 0.1) is 23.7 Å². The van der Waals surface area contributed by atoms with Crippen molar-refractivity contribution >= 4 is 24.1 Å². The molecule has 2 unspecified atom stereocenters. The van der Waals surface area contributed by atoms with E-state index in [0.717, 1.165) is 38.9 Å². The van der Waals surface area contributed by atoms with Crippen molar-refractivity contribution in [3.8, 4) is 0 Å². The van der Waals surface area contributed by atoms with Crippen molar-refractivity contribution in [3.63, 3.8) is 0 Å². The monoisotopic (exact) mass is 801 g/mol. The summed E-state index contributed by atoms with van der Waals surface area (Å²) in [6, 6.07) is 42.0. The molecule has 5 aromatic carbocycles. The zero-order valence-corrected chi connectivity index (χ0v) is 33.1. The molecule has 6 heterocycles. The van der Waals surface area contributed by atoms with Crippen LogP contribution in [0.2, 0.25) is 0 Å². The minimum atomic E-state index is -1.54. The number of rotatable bonds is 8. The maximum Gasteiger partial charge on any atom is 0.411 e. The summed E-state index contributed by atoms with van der Waals surface area (Å²) in [6.45, 7) is 0.320. The number of methoxy groups -OCH3 is 2. The lowest BCUT2D eigenvalue weighted by Gasteiger charge is -2.48. The first-order chi connectivity index (χ1) is 29.4. The molecule has 4 saturated heterocycles. The van der Waals surface area contributed by atoms with Crippen molar-refractivity contribution in [2.45, 2.75) is 55.0 Å². The molecule has 6 aliphatic heterocycles. The maximum atomic E-state index is 15.6. The van der Waals surface area contributed by atoms with Crippen molar-refractivity contribution in [1.82, 2.24) is 14.7 Å². The van der Waals surface area contributed by atoms with Gasteiger partial charge in [0.05, 0.1) is 38.4 Å². The van der Waals surface area contributed by atoms with E-state index in [9.17, 15) is 9.59 Å². The van der Waals surface area contributed by atoms with Crippen LogP contribution in [0.3, 0.4) is 0 Å². The van der Waals surface area contributed by atoms with Crippen LogP contribution in [0.1, 0.15) is 63.1 Å². The molecule has 4 fully saturated rings. The van der Waals surface area contributed by atoms with E-state index in [2.05, 4.69) is 4.90 Å². The summed E-state index contributed by atoms with van der Waals surface area (Å²) in [5.41, 5.74) is 3.09. The Hall–Kier alpha value is -6.46. The van der Waals surface area contributed by atoms with Gasteiger partial charge in [-0.2, -0.15) is 0 Å². The average molecular weight is 802 g/mol. The lowest BCUT2D eigenvalue weighted by molar-refractivity contribution is -0.166. The molecule has 0 aliphatic carbocycles. The second kappa shape index (κ2) is 13.5. The number of carbonyl (C=O) groups excluding carboxylic acids is 4. The van der Waals surface area contributed by atoms with Gasteiger partial charge in [-0.05, 0) is 38.9 Å². The molecule has 0 N–H and O–H groups in total. The Balaban J connectivity index is 1.13. The molecular weight excluding hydrogens is 759 g/mol. The Morgan fingerprint density at radius 2 is 0.750 bits per heavy atom. The van der Waals surface area contributed by atoms with E-state index in [0.29, 0.717) is 0 Å². The predicted octanol–water partition coefficient (Wildman–Crippen LogP) is 7.70. The highest BCUT2D eigenvalue weighted by atomic mass is 16.6. The van der Waals surface area contributed by atoms with Crippen molar-refractivity contribution < 1.29 is 38.1 Å². The molecule has 0 spiro atoms. The number of fused-ring (bicyclic) bond motifs is 22. The topological polar surface area (TPSA) is 115 Å². The number of nitrogens with zero attached hydrogens (tertiary/aromatic N) is 3. The van der Waals surface area contributed by atoms with Gasteiger partial charge in [0.2, 0.25) is 0 Å². The molecule has 2 amide bonds. The number of carbonyl (C=O) groups is 4. The zero-order valence-electron chi connectivity index (χ0n) is 33.1. The van der Waals surface area contributed by atoms with Crippen LogP contribution in [-0.2, 0) is 48.3 Å². The fraction of sp³-hybridized carbons (Fsp3) is 0.306. The molecule has 6 aliphatic rings. The summed E-state index contributed by atoms with van der Waals surface area (Å²) in [6.07, 6.45) is -1.06. The quantitative estimate of drug-likeness (QED) is 0.115. The average Bonchev–Trinajstić information content (AvgIpc) is 4.12. The molecule has 5 aromatic rings. The second-order valence-electron chi connectivity index (χ2n) is 16.7. The molecule has 6 bridgehead atoms. The van der Waals surface area contributed by atoms with Crippen molar-refractivity contribution in [3.05, 3.63) is 178 Å². The Morgan fingerprint density at radius 3 is 1.07 bits per heavy atom. The first-order valence-electron chi connectivity index (χ1n) is 20.5. The first-order valence-corrected chi connectivity index (χ1v) is 20.5. The van der Waals surface area contributed by atoms with Gasteiger partial charge in [0.25, 0.3) is 0 Å². The minimum Gasteiger partial charge on any atom is -0.468 e. The Kier molecular flexibility index (Phi) is 8.26. The Morgan fingerprint density at radius 1 is 0.450 bits per heavy atom. The molecule has 0 aromatic heterocycles. The fourth-order valence-electron chi connectivity index (χ4n) is 13.0. The van der Waals surface area contributed by atoms with Crippen LogP contribution in [0.25, 0.3) is 0 Å². The van der Waals surface area contributed by atoms with Gasteiger partial charge in [0, 0.05) is 30.2 Å². The highest BCUT2D eigenvalue weighted by Gasteiger charge is 2.93.